The van der Waals surface area contributed by atoms with Crippen molar-refractivity contribution in [3.05, 3.63) is 0 Å². The molecule has 15 heavy (non-hydrogen) atoms. The summed E-state index contributed by atoms with van der Waals surface area (Å²) in [4.78, 5) is 13.2. The third-order valence-electron chi connectivity index (χ3n) is 3.33. The van der Waals surface area contributed by atoms with Crippen LogP contribution in [0.15, 0.2) is 0 Å². The summed E-state index contributed by atoms with van der Waals surface area (Å²) < 4.78 is 0. The largest absolute Gasteiger partial charge is 0.347 e. The van der Waals surface area contributed by atoms with Crippen LogP contribution in [0.4, 0.5) is 0 Å². The van der Waals surface area contributed by atoms with Crippen LogP contribution in [0.3, 0.4) is 0 Å². The Kier molecular flexibility index (Phi) is 4.58. The molecule has 0 aromatic carbocycles. The van der Waals surface area contributed by atoms with Crippen molar-refractivity contribution in [3.63, 3.8) is 0 Å². The van der Waals surface area contributed by atoms with Gasteiger partial charge in [-0.1, -0.05) is 13.3 Å². The van der Waals surface area contributed by atoms with E-state index in [0.717, 1.165) is 18.4 Å². The molecule has 1 aliphatic rings. The van der Waals surface area contributed by atoms with E-state index in [1.807, 2.05) is 6.92 Å². The summed E-state index contributed by atoms with van der Waals surface area (Å²) in [5, 5.41) is 3.34. The Labute approximate surface area is 93.2 Å². The predicted octanol–water partition coefficient (Wildman–Crippen LogP) is 1.49. The first-order valence-corrected chi connectivity index (χ1v) is 5.95. The van der Waals surface area contributed by atoms with Gasteiger partial charge in [-0.2, -0.15) is 0 Å². The number of carbonyl (C=O) groups excluding carboxylic acids is 1. The van der Waals surface area contributed by atoms with Crippen LogP contribution in [0.2, 0.25) is 0 Å². The van der Waals surface area contributed by atoms with E-state index in [1.54, 1.807) is 19.0 Å². The monoisotopic (exact) mass is 212 g/mol. The molecule has 0 aliphatic heterocycles. The highest BCUT2D eigenvalue weighted by molar-refractivity contribution is 5.80. The fraction of sp³-hybridized carbons (Fsp3) is 0.917. The van der Waals surface area contributed by atoms with Gasteiger partial charge in [-0.25, -0.2) is 0 Å². The molecule has 0 radical (unpaired) electrons. The van der Waals surface area contributed by atoms with E-state index >= 15 is 0 Å². The molecule has 1 amide bonds. The molecule has 1 N–H and O–H groups in total. The van der Waals surface area contributed by atoms with Gasteiger partial charge in [0.1, 0.15) is 0 Å². The van der Waals surface area contributed by atoms with Crippen LogP contribution in [0.25, 0.3) is 0 Å². The van der Waals surface area contributed by atoms with Crippen molar-refractivity contribution in [3.8, 4) is 0 Å². The van der Waals surface area contributed by atoms with Crippen LogP contribution < -0.4 is 5.32 Å². The van der Waals surface area contributed by atoms with Gasteiger partial charge in [0.2, 0.25) is 5.91 Å². The molecule has 0 aromatic heterocycles. The summed E-state index contributed by atoms with van der Waals surface area (Å²) in [6, 6.07) is -0.0455. The lowest BCUT2D eigenvalue weighted by molar-refractivity contribution is -0.130. The molecule has 3 nitrogen and oxygen atoms in total. The smallest absolute Gasteiger partial charge is 0.238 e. The average molecular weight is 212 g/mol. The number of rotatable bonds is 4. The van der Waals surface area contributed by atoms with Crippen molar-refractivity contribution in [1.82, 2.24) is 10.2 Å². The summed E-state index contributed by atoms with van der Waals surface area (Å²) in [6.07, 6.45) is 3.98. The molecule has 0 bridgehead atoms. The molecule has 1 aliphatic carbocycles. The van der Waals surface area contributed by atoms with Crippen LogP contribution in [-0.4, -0.2) is 37.5 Å². The van der Waals surface area contributed by atoms with Gasteiger partial charge in [-0.3, -0.25) is 4.79 Å². The highest BCUT2D eigenvalue weighted by Gasteiger charge is 2.22. The molecular weight excluding hydrogens is 188 g/mol. The first kappa shape index (κ1) is 12.5. The maximum absolute atomic E-state index is 11.6. The fourth-order valence-corrected chi connectivity index (χ4v) is 2.33. The average Bonchev–Trinajstić information content (AvgIpc) is 2.59. The van der Waals surface area contributed by atoms with Crippen LogP contribution in [-0.2, 0) is 4.79 Å². The Morgan fingerprint density at radius 1 is 1.47 bits per heavy atom. The van der Waals surface area contributed by atoms with Crippen molar-refractivity contribution in [2.75, 3.05) is 20.6 Å². The van der Waals surface area contributed by atoms with Gasteiger partial charge in [0.15, 0.2) is 0 Å². The molecule has 0 aromatic rings. The third kappa shape index (κ3) is 3.82. The molecule has 3 heteroatoms. The number of nitrogens with one attached hydrogen (secondary N) is 1. The van der Waals surface area contributed by atoms with Gasteiger partial charge < -0.3 is 10.2 Å². The molecule has 1 fully saturated rings. The molecule has 3 unspecified atom stereocenters. The van der Waals surface area contributed by atoms with Crippen molar-refractivity contribution in [1.29, 1.82) is 0 Å². The molecule has 88 valence electrons. The number of nitrogens with zero attached hydrogens (tertiary/aromatic N) is 1. The Bertz CT molecular complexity index is 216. The molecule has 0 spiro atoms. The molecular formula is C12H24N2O. The van der Waals surface area contributed by atoms with Crippen molar-refractivity contribution in [2.24, 2.45) is 11.8 Å². The second-order valence-electron chi connectivity index (χ2n) is 5.15. The third-order valence-corrected chi connectivity index (χ3v) is 3.33. The Morgan fingerprint density at radius 2 is 2.13 bits per heavy atom. The zero-order valence-electron chi connectivity index (χ0n) is 10.4. The second kappa shape index (κ2) is 5.50. The Balaban J connectivity index is 2.22. The summed E-state index contributed by atoms with van der Waals surface area (Å²) in [6.45, 7) is 5.25. The van der Waals surface area contributed by atoms with Gasteiger partial charge in [-0.05, 0) is 38.1 Å². The first-order valence-electron chi connectivity index (χ1n) is 5.95. The number of hydrogen-bond acceptors (Lipinski definition) is 2. The van der Waals surface area contributed by atoms with Crippen molar-refractivity contribution >= 4 is 5.91 Å². The summed E-state index contributed by atoms with van der Waals surface area (Å²) in [7, 11) is 3.61. The number of amides is 1. The topological polar surface area (TPSA) is 32.3 Å². The lowest BCUT2D eigenvalue weighted by atomic mass is 10.1. The van der Waals surface area contributed by atoms with Gasteiger partial charge in [-0.15, -0.1) is 0 Å². The highest BCUT2D eigenvalue weighted by Crippen LogP contribution is 2.29. The fourth-order valence-electron chi connectivity index (χ4n) is 2.33. The number of likely N-dealkylation sites (N-methyl/N-ethyl adjacent to an activating group) is 1. The minimum atomic E-state index is -0.0455. The zero-order valence-corrected chi connectivity index (χ0v) is 10.4. The van der Waals surface area contributed by atoms with E-state index < -0.39 is 0 Å². The SMILES string of the molecule is CC1CCC(CNC(C)C(=O)N(C)C)C1. The van der Waals surface area contributed by atoms with Crippen LogP contribution in [0, 0.1) is 11.8 Å². The number of carbonyl (C=O) groups is 1. The van der Waals surface area contributed by atoms with E-state index in [4.69, 9.17) is 0 Å². The van der Waals surface area contributed by atoms with E-state index in [1.165, 1.54) is 19.3 Å². The second-order valence-corrected chi connectivity index (χ2v) is 5.15. The van der Waals surface area contributed by atoms with Crippen molar-refractivity contribution < 1.29 is 4.79 Å². The van der Waals surface area contributed by atoms with Crippen molar-refractivity contribution in [2.45, 2.75) is 39.2 Å². The summed E-state index contributed by atoms with van der Waals surface area (Å²) >= 11 is 0. The lowest BCUT2D eigenvalue weighted by Crippen LogP contribution is -2.43. The maximum atomic E-state index is 11.6. The standard InChI is InChI=1S/C12H24N2O/c1-9-5-6-11(7-9)8-13-10(2)12(15)14(3)4/h9-11,13H,5-8H2,1-4H3. The van der Waals surface area contributed by atoms with Gasteiger partial charge in [0.25, 0.3) is 0 Å². The van der Waals surface area contributed by atoms with Crippen LogP contribution in [0.5, 0.6) is 0 Å². The summed E-state index contributed by atoms with van der Waals surface area (Å²) in [5.74, 6) is 1.81. The molecule has 3 atom stereocenters. The van der Waals surface area contributed by atoms with Gasteiger partial charge in [0, 0.05) is 14.1 Å². The van der Waals surface area contributed by atoms with Gasteiger partial charge in [0.05, 0.1) is 6.04 Å². The molecule has 1 saturated carbocycles. The minimum Gasteiger partial charge on any atom is -0.347 e. The van der Waals surface area contributed by atoms with E-state index in [9.17, 15) is 4.79 Å². The quantitative estimate of drug-likeness (QED) is 0.765. The first-order chi connectivity index (χ1) is 7.00. The van der Waals surface area contributed by atoms with Crippen LogP contribution >= 0.6 is 0 Å². The number of hydrogen-bond donors (Lipinski definition) is 1. The molecule has 0 saturated heterocycles. The Morgan fingerprint density at radius 3 is 2.60 bits per heavy atom. The predicted molar refractivity (Wildman–Crippen MR) is 62.7 cm³/mol. The highest BCUT2D eigenvalue weighted by atomic mass is 16.2. The minimum absolute atomic E-state index is 0.0455. The maximum Gasteiger partial charge on any atom is 0.238 e. The Hall–Kier alpha value is -0.570. The molecule has 1 rings (SSSR count). The van der Waals surface area contributed by atoms with Crippen LogP contribution in [0.1, 0.15) is 33.1 Å². The summed E-state index contributed by atoms with van der Waals surface area (Å²) in [5.41, 5.74) is 0. The van der Waals surface area contributed by atoms with E-state index in [-0.39, 0.29) is 11.9 Å². The van der Waals surface area contributed by atoms with E-state index in [0.29, 0.717) is 0 Å². The van der Waals surface area contributed by atoms with E-state index in [2.05, 4.69) is 12.2 Å². The van der Waals surface area contributed by atoms with Gasteiger partial charge >= 0.3 is 0 Å². The zero-order chi connectivity index (χ0) is 11.4. The molecule has 0 heterocycles. The normalized spacial score (nSPS) is 27.7. The lowest BCUT2D eigenvalue weighted by Gasteiger charge is -2.20.